The molecule has 0 aromatic heterocycles. The van der Waals surface area contributed by atoms with Crippen LogP contribution in [0.1, 0.15) is 39.2 Å². The van der Waals surface area contributed by atoms with E-state index in [-0.39, 0.29) is 12.6 Å². The molecular weight excluding hydrogens is 328 g/mol. The predicted molar refractivity (Wildman–Crippen MR) is 89.8 cm³/mol. The zero-order chi connectivity index (χ0) is 17.3. The van der Waals surface area contributed by atoms with Gasteiger partial charge in [-0.05, 0) is 36.8 Å². The van der Waals surface area contributed by atoms with E-state index in [1.165, 1.54) is 0 Å². The van der Waals surface area contributed by atoms with Crippen molar-refractivity contribution in [3.63, 3.8) is 0 Å². The number of benzene rings is 2. The Balaban J connectivity index is 1.68. The first-order chi connectivity index (χ1) is 11.5. The summed E-state index contributed by atoms with van der Waals surface area (Å²) in [6.07, 6.45) is 0. The Bertz CT molecular complexity index is 800. The minimum atomic E-state index is -0.443. The van der Waals surface area contributed by atoms with Gasteiger partial charge in [-0.1, -0.05) is 35.9 Å². The summed E-state index contributed by atoms with van der Waals surface area (Å²) in [5.41, 5.74) is 1.51. The third-order valence-corrected chi connectivity index (χ3v) is 4.14. The molecule has 1 N–H and O–H groups in total. The van der Waals surface area contributed by atoms with Gasteiger partial charge in [0, 0.05) is 5.02 Å². The highest BCUT2D eigenvalue weighted by Crippen LogP contribution is 2.22. The molecule has 0 fully saturated rings. The van der Waals surface area contributed by atoms with Gasteiger partial charge in [0.05, 0.1) is 17.2 Å². The maximum Gasteiger partial charge on any atom is 0.262 e. The molecule has 0 spiro atoms. The molecule has 1 aliphatic heterocycles. The molecule has 5 nitrogen and oxygen atoms in total. The van der Waals surface area contributed by atoms with Gasteiger partial charge in [0.25, 0.3) is 11.8 Å². The maximum absolute atomic E-state index is 12.3. The standard InChI is InChI=1S/C18H15ClN2O3/c1-11(12-5-4-6-13(19)9-12)20-16(22)10-21-17(23)14-7-2-3-8-15(14)18(21)24/h2-9,11H,10H2,1H3,(H,20,22)/t11-/m1/s1. The Morgan fingerprint density at radius 3 is 2.29 bits per heavy atom. The normalized spacial score (nSPS) is 14.5. The number of carbonyl (C=O) groups is 3. The van der Waals surface area contributed by atoms with Crippen molar-refractivity contribution in [3.8, 4) is 0 Å². The van der Waals surface area contributed by atoms with Crippen LogP contribution >= 0.6 is 11.6 Å². The number of rotatable bonds is 4. The van der Waals surface area contributed by atoms with Gasteiger partial charge in [-0.25, -0.2) is 0 Å². The summed E-state index contributed by atoms with van der Waals surface area (Å²) < 4.78 is 0. The Morgan fingerprint density at radius 1 is 1.08 bits per heavy atom. The molecule has 0 bridgehead atoms. The van der Waals surface area contributed by atoms with Crippen LogP contribution in [0.25, 0.3) is 0 Å². The fourth-order valence-electron chi connectivity index (χ4n) is 2.67. The van der Waals surface area contributed by atoms with Crippen LogP contribution in [0.2, 0.25) is 5.02 Å². The number of amides is 3. The van der Waals surface area contributed by atoms with Gasteiger partial charge in [-0.15, -0.1) is 0 Å². The fourth-order valence-corrected chi connectivity index (χ4v) is 2.87. The van der Waals surface area contributed by atoms with Crippen molar-refractivity contribution < 1.29 is 14.4 Å². The molecule has 0 saturated heterocycles. The average molecular weight is 343 g/mol. The van der Waals surface area contributed by atoms with E-state index >= 15 is 0 Å². The van der Waals surface area contributed by atoms with Crippen molar-refractivity contribution in [3.05, 3.63) is 70.2 Å². The van der Waals surface area contributed by atoms with Crippen LogP contribution in [0.4, 0.5) is 0 Å². The van der Waals surface area contributed by atoms with Crippen molar-refractivity contribution in [1.29, 1.82) is 0 Å². The third-order valence-electron chi connectivity index (χ3n) is 3.91. The average Bonchev–Trinajstić information content (AvgIpc) is 2.80. The molecule has 24 heavy (non-hydrogen) atoms. The van der Waals surface area contributed by atoms with E-state index < -0.39 is 17.7 Å². The molecular formula is C18H15ClN2O3. The van der Waals surface area contributed by atoms with Crippen LogP contribution in [0.5, 0.6) is 0 Å². The predicted octanol–water partition coefficient (Wildman–Crippen LogP) is 2.81. The molecule has 3 amide bonds. The van der Waals surface area contributed by atoms with E-state index in [1.54, 1.807) is 42.5 Å². The summed E-state index contributed by atoms with van der Waals surface area (Å²) in [7, 11) is 0. The molecule has 122 valence electrons. The summed E-state index contributed by atoms with van der Waals surface area (Å²) in [6.45, 7) is 1.50. The molecule has 1 heterocycles. The molecule has 0 aliphatic carbocycles. The van der Waals surface area contributed by atoms with Crippen LogP contribution in [-0.4, -0.2) is 29.2 Å². The van der Waals surface area contributed by atoms with E-state index in [0.29, 0.717) is 16.1 Å². The van der Waals surface area contributed by atoms with Crippen LogP contribution in [0.15, 0.2) is 48.5 Å². The first-order valence-corrected chi connectivity index (χ1v) is 7.85. The molecule has 1 atom stereocenters. The van der Waals surface area contributed by atoms with Crippen molar-refractivity contribution in [2.75, 3.05) is 6.54 Å². The smallest absolute Gasteiger partial charge is 0.262 e. The van der Waals surface area contributed by atoms with Crippen LogP contribution in [0.3, 0.4) is 0 Å². The Morgan fingerprint density at radius 2 is 1.71 bits per heavy atom. The lowest BCUT2D eigenvalue weighted by Gasteiger charge is -2.18. The first-order valence-electron chi connectivity index (χ1n) is 7.47. The summed E-state index contributed by atoms with van der Waals surface area (Å²) in [6, 6.07) is 13.4. The maximum atomic E-state index is 12.3. The first kappa shape index (κ1) is 16.2. The Hall–Kier alpha value is -2.66. The summed E-state index contributed by atoms with van der Waals surface area (Å²) in [5.74, 6) is -1.29. The highest BCUT2D eigenvalue weighted by molar-refractivity contribution is 6.30. The van der Waals surface area contributed by atoms with Gasteiger partial charge >= 0.3 is 0 Å². The van der Waals surface area contributed by atoms with Crippen LogP contribution < -0.4 is 5.32 Å². The van der Waals surface area contributed by atoms with Gasteiger partial charge < -0.3 is 5.32 Å². The van der Waals surface area contributed by atoms with Gasteiger partial charge in [-0.2, -0.15) is 0 Å². The van der Waals surface area contributed by atoms with Gasteiger partial charge in [-0.3, -0.25) is 19.3 Å². The lowest BCUT2D eigenvalue weighted by Crippen LogP contribution is -2.41. The van der Waals surface area contributed by atoms with E-state index in [0.717, 1.165) is 10.5 Å². The van der Waals surface area contributed by atoms with Crippen molar-refractivity contribution in [2.24, 2.45) is 0 Å². The molecule has 2 aromatic carbocycles. The zero-order valence-electron chi connectivity index (χ0n) is 13.0. The number of nitrogens with zero attached hydrogens (tertiary/aromatic N) is 1. The van der Waals surface area contributed by atoms with Crippen LogP contribution in [0, 0.1) is 0 Å². The lowest BCUT2D eigenvalue weighted by atomic mass is 10.1. The highest BCUT2D eigenvalue weighted by atomic mass is 35.5. The number of imide groups is 1. The second-order valence-corrected chi connectivity index (χ2v) is 6.02. The second kappa shape index (κ2) is 6.45. The largest absolute Gasteiger partial charge is 0.348 e. The highest BCUT2D eigenvalue weighted by Gasteiger charge is 2.36. The minimum Gasteiger partial charge on any atom is -0.348 e. The summed E-state index contributed by atoms with van der Waals surface area (Å²) in [4.78, 5) is 37.7. The number of hydrogen-bond acceptors (Lipinski definition) is 3. The number of nitrogens with one attached hydrogen (secondary N) is 1. The Kier molecular flexibility index (Phi) is 4.36. The van der Waals surface area contributed by atoms with E-state index in [4.69, 9.17) is 11.6 Å². The number of hydrogen-bond donors (Lipinski definition) is 1. The van der Waals surface area contributed by atoms with Crippen molar-refractivity contribution in [2.45, 2.75) is 13.0 Å². The summed E-state index contributed by atoms with van der Waals surface area (Å²) >= 11 is 5.94. The van der Waals surface area contributed by atoms with Gasteiger partial charge in [0.2, 0.25) is 5.91 Å². The van der Waals surface area contributed by atoms with E-state index in [2.05, 4.69) is 5.32 Å². The minimum absolute atomic E-state index is 0.286. The molecule has 0 radical (unpaired) electrons. The SMILES string of the molecule is C[C@@H](NC(=O)CN1C(=O)c2ccccc2C1=O)c1cccc(Cl)c1. The number of fused-ring (bicyclic) bond motifs is 1. The molecule has 2 aromatic rings. The summed E-state index contributed by atoms with van der Waals surface area (Å²) in [5, 5.41) is 3.35. The van der Waals surface area contributed by atoms with Crippen molar-refractivity contribution in [1.82, 2.24) is 10.2 Å². The zero-order valence-corrected chi connectivity index (χ0v) is 13.7. The molecule has 0 saturated carbocycles. The topological polar surface area (TPSA) is 66.5 Å². The number of halogens is 1. The quantitative estimate of drug-likeness (QED) is 0.869. The third kappa shape index (κ3) is 3.03. The number of carbonyl (C=O) groups excluding carboxylic acids is 3. The second-order valence-electron chi connectivity index (χ2n) is 5.59. The monoisotopic (exact) mass is 342 g/mol. The van der Waals surface area contributed by atoms with Crippen LogP contribution in [-0.2, 0) is 4.79 Å². The van der Waals surface area contributed by atoms with Crippen molar-refractivity contribution >= 4 is 29.3 Å². The molecule has 0 unspecified atom stereocenters. The van der Waals surface area contributed by atoms with E-state index in [9.17, 15) is 14.4 Å². The Labute approximate surface area is 144 Å². The lowest BCUT2D eigenvalue weighted by molar-refractivity contribution is -0.122. The molecule has 6 heteroatoms. The van der Waals surface area contributed by atoms with E-state index in [1.807, 2.05) is 13.0 Å². The molecule has 3 rings (SSSR count). The molecule has 1 aliphatic rings. The van der Waals surface area contributed by atoms with Gasteiger partial charge in [0.15, 0.2) is 0 Å². The fraction of sp³-hybridized carbons (Fsp3) is 0.167. The van der Waals surface area contributed by atoms with Gasteiger partial charge in [0.1, 0.15) is 6.54 Å².